The molecule has 7 nitrogen and oxygen atoms in total. The zero-order valence-electron chi connectivity index (χ0n) is 13.7. The summed E-state index contributed by atoms with van der Waals surface area (Å²) in [6.45, 7) is 2.60. The van der Waals surface area contributed by atoms with Crippen LogP contribution in [-0.2, 0) is 6.54 Å². The standard InChI is InChI=1S/C18H17N7/c1-10-12(9-23-17-15(10)16(19)24-18(20)25-17)8-22-13-4-5-14-11(7-13)3-2-6-21-14/h2-7,9,22H,8H2,1H3,(H4,19,20,23,24,25). The van der Waals surface area contributed by atoms with Crippen LogP contribution in [0.4, 0.5) is 17.5 Å². The Hall–Kier alpha value is -3.48. The fraction of sp³-hybridized carbons (Fsp3) is 0.111. The van der Waals surface area contributed by atoms with Gasteiger partial charge in [-0.15, -0.1) is 0 Å². The SMILES string of the molecule is Cc1c(CNc2ccc3ncccc3c2)cnc2nc(N)nc(N)c12. The minimum atomic E-state index is 0.132. The minimum Gasteiger partial charge on any atom is -0.383 e. The van der Waals surface area contributed by atoms with E-state index in [9.17, 15) is 0 Å². The quantitative estimate of drug-likeness (QED) is 0.528. The second-order valence-electron chi connectivity index (χ2n) is 5.84. The van der Waals surface area contributed by atoms with Crippen molar-refractivity contribution in [2.75, 3.05) is 16.8 Å². The molecular weight excluding hydrogens is 314 g/mol. The first kappa shape index (κ1) is 15.1. The molecule has 4 aromatic rings. The van der Waals surface area contributed by atoms with E-state index in [2.05, 4.69) is 31.3 Å². The molecule has 0 bridgehead atoms. The van der Waals surface area contributed by atoms with Crippen LogP contribution >= 0.6 is 0 Å². The number of nitrogens with zero attached hydrogens (tertiary/aromatic N) is 4. The van der Waals surface area contributed by atoms with Gasteiger partial charge in [0.25, 0.3) is 0 Å². The summed E-state index contributed by atoms with van der Waals surface area (Å²) >= 11 is 0. The summed E-state index contributed by atoms with van der Waals surface area (Å²) < 4.78 is 0. The number of nitrogen functional groups attached to an aromatic ring is 2. The van der Waals surface area contributed by atoms with Crippen LogP contribution < -0.4 is 16.8 Å². The van der Waals surface area contributed by atoms with Gasteiger partial charge in [-0.25, -0.2) is 4.98 Å². The Bertz CT molecular complexity index is 1090. The lowest BCUT2D eigenvalue weighted by atomic mass is 10.1. The third kappa shape index (κ3) is 2.76. The van der Waals surface area contributed by atoms with Crippen molar-refractivity contribution < 1.29 is 0 Å². The molecule has 25 heavy (non-hydrogen) atoms. The normalized spacial score (nSPS) is 11.1. The largest absolute Gasteiger partial charge is 0.383 e. The van der Waals surface area contributed by atoms with Crippen LogP contribution in [0.25, 0.3) is 21.9 Å². The summed E-state index contributed by atoms with van der Waals surface area (Å²) in [7, 11) is 0. The summed E-state index contributed by atoms with van der Waals surface area (Å²) in [4.78, 5) is 16.9. The molecule has 0 spiro atoms. The number of nitrogens with two attached hydrogens (primary N) is 2. The first-order valence-electron chi connectivity index (χ1n) is 7.87. The third-order valence-corrected chi connectivity index (χ3v) is 4.22. The Labute approximate surface area is 144 Å². The Morgan fingerprint density at radius 1 is 1.08 bits per heavy atom. The van der Waals surface area contributed by atoms with Gasteiger partial charge in [0.15, 0.2) is 5.65 Å². The molecule has 0 atom stereocenters. The lowest BCUT2D eigenvalue weighted by Crippen LogP contribution is -2.07. The number of anilines is 3. The highest BCUT2D eigenvalue weighted by Gasteiger charge is 2.11. The van der Waals surface area contributed by atoms with Crippen molar-refractivity contribution in [2.24, 2.45) is 0 Å². The number of nitrogens with one attached hydrogen (secondary N) is 1. The lowest BCUT2D eigenvalue weighted by Gasteiger charge is -2.12. The maximum Gasteiger partial charge on any atom is 0.224 e. The van der Waals surface area contributed by atoms with E-state index in [-0.39, 0.29) is 5.95 Å². The summed E-state index contributed by atoms with van der Waals surface area (Å²) in [6, 6.07) is 10.1. The average molecular weight is 331 g/mol. The maximum atomic E-state index is 6.00. The molecule has 3 heterocycles. The second kappa shape index (κ2) is 5.86. The molecule has 1 aromatic carbocycles. The van der Waals surface area contributed by atoms with Gasteiger partial charge in [-0.1, -0.05) is 6.07 Å². The second-order valence-corrected chi connectivity index (χ2v) is 5.84. The smallest absolute Gasteiger partial charge is 0.224 e. The van der Waals surface area contributed by atoms with Crippen molar-refractivity contribution in [1.82, 2.24) is 19.9 Å². The van der Waals surface area contributed by atoms with Gasteiger partial charge in [0.05, 0.1) is 10.9 Å². The van der Waals surface area contributed by atoms with Crippen molar-refractivity contribution in [2.45, 2.75) is 13.5 Å². The fourth-order valence-electron chi connectivity index (χ4n) is 2.89. The molecule has 0 amide bonds. The van der Waals surface area contributed by atoms with Gasteiger partial charge in [-0.3, -0.25) is 4.98 Å². The fourth-order valence-corrected chi connectivity index (χ4v) is 2.89. The number of aryl methyl sites for hydroxylation is 1. The number of benzene rings is 1. The van der Waals surface area contributed by atoms with E-state index in [1.807, 2.05) is 31.2 Å². The Balaban J connectivity index is 1.65. The molecule has 0 saturated carbocycles. The van der Waals surface area contributed by atoms with Crippen molar-refractivity contribution in [1.29, 1.82) is 0 Å². The number of hydrogen-bond donors (Lipinski definition) is 3. The molecular formula is C18H17N7. The molecule has 0 saturated heterocycles. The number of rotatable bonds is 3. The Kier molecular flexibility index (Phi) is 3.53. The Morgan fingerprint density at radius 3 is 2.84 bits per heavy atom. The molecule has 0 fully saturated rings. The van der Waals surface area contributed by atoms with E-state index >= 15 is 0 Å². The zero-order valence-corrected chi connectivity index (χ0v) is 13.7. The van der Waals surface area contributed by atoms with E-state index in [1.54, 1.807) is 12.4 Å². The van der Waals surface area contributed by atoms with E-state index < -0.39 is 0 Å². The maximum absolute atomic E-state index is 6.00. The number of hydrogen-bond acceptors (Lipinski definition) is 7. The van der Waals surface area contributed by atoms with Crippen LogP contribution in [0, 0.1) is 6.92 Å². The van der Waals surface area contributed by atoms with Gasteiger partial charge in [0.2, 0.25) is 5.95 Å². The van der Waals surface area contributed by atoms with Gasteiger partial charge in [0.1, 0.15) is 5.82 Å². The zero-order chi connectivity index (χ0) is 17.4. The van der Waals surface area contributed by atoms with Crippen molar-refractivity contribution in [3.8, 4) is 0 Å². The van der Waals surface area contributed by atoms with Gasteiger partial charge in [-0.05, 0) is 42.3 Å². The van der Waals surface area contributed by atoms with Crippen LogP contribution in [-0.4, -0.2) is 19.9 Å². The van der Waals surface area contributed by atoms with Gasteiger partial charge >= 0.3 is 0 Å². The molecule has 0 aliphatic carbocycles. The third-order valence-electron chi connectivity index (χ3n) is 4.22. The number of aromatic nitrogens is 4. The summed E-state index contributed by atoms with van der Waals surface area (Å²) in [5, 5.41) is 5.25. The molecule has 0 aliphatic rings. The lowest BCUT2D eigenvalue weighted by molar-refractivity contribution is 1.09. The van der Waals surface area contributed by atoms with Crippen LogP contribution in [0.3, 0.4) is 0 Å². The minimum absolute atomic E-state index is 0.132. The van der Waals surface area contributed by atoms with Gasteiger partial charge in [-0.2, -0.15) is 9.97 Å². The summed E-state index contributed by atoms with van der Waals surface area (Å²) in [6.07, 6.45) is 3.58. The molecule has 0 aliphatic heterocycles. The van der Waals surface area contributed by atoms with Gasteiger partial charge in [0, 0.05) is 30.0 Å². The highest BCUT2D eigenvalue weighted by atomic mass is 15.1. The molecule has 7 heteroatoms. The summed E-state index contributed by atoms with van der Waals surface area (Å²) in [5.41, 5.74) is 16.2. The summed E-state index contributed by atoms with van der Waals surface area (Å²) in [5.74, 6) is 0.485. The highest BCUT2D eigenvalue weighted by Crippen LogP contribution is 2.24. The van der Waals surface area contributed by atoms with E-state index in [0.29, 0.717) is 18.0 Å². The van der Waals surface area contributed by atoms with Crippen LogP contribution in [0.1, 0.15) is 11.1 Å². The first-order chi connectivity index (χ1) is 12.1. The number of pyridine rings is 2. The van der Waals surface area contributed by atoms with Crippen LogP contribution in [0.15, 0.2) is 42.7 Å². The molecule has 0 unspecified atom stereocenters. The Morgan fingerprint density at radius 2 is 1.96 bits per heavy atom. The van der Waals surface area contributed by atoms with Crippen molar-refractivity contribution >= 4 is 39.4 Å². The first-order valence-corrected chi connectivity index (χ1v) is 7.87. The molecule has 124 valence electrons. The van der Waals surface area contributed by atoms with E-state index in [0.717, 1.165) is 33.1 Å². The van der Waals surface area contributed by atoms with E-state index in [4.69, 9.17) is 11.5 Å². The highest BCUT2D eigenvalue weighted by molar-refractivity contribution is 5.90. The van der Waals surface area contributed by atoms with Crippen molar-refractivity contribution in [3.63, 3.8) is 0 Å². The van der Waals surface area contributed by atoms with Crippen molar-refractivity contribution in [3.05, 3.63) is 53.9 Å². The monoisotopic (exact) mass is 331 g/mol. The molecule has 5 N–H and O–H groups in total. The number of fused-ring (bicyclic) bond motifs is 2. The van der Waals surface area contributed by atoms with Crippen LogP contribution in [0.5, 0.6) is 0 Å². The van der Waals surface area contributed by atoms with E-state index in [1.165, 1.54) is 0 Å². The van der Waals surface area contributed by atoms with Gasteiger partial charge < -0.3 is 16.8 Å². The topological polar surface area (TPSA) is 116 Å². The molecule has 4 rings (SSSR count). The predicted octanol–water partition coefficient (Wildman–Crippen LogP) is 2.66. The molecule has 0 radical (unpaired) electrons. The molecule has 3 aromatic heterocycles. The predicted molar refractivity (Wildman–Crippen MR) is 100.0 cm³/mol. The average Bonchev–Trinajstić information content (AvgIpc) is 2.60. The van der Waals surface area contributed by atoms with Crippen LogP contribution in [0.2, 0.25) is 0 Å².